The molecule has 0 fully saturated rings. The first kappa shape index (κ1) is 20.5. The molecule has 10 aromatic rings. The lowest BCUT2D eigenvalue weighted by Gasteiger charge is -2.12. The van der Waals surface area contributed by atoms with Crippen LogP contribution in [-0.4, -0.2) is 19.5 Å². The lowest BCUT2D eigenvalue weighted by Crippen LogP contribution is -2.06. The Labute approximate surface area is 300 Å². The third kappa shape index (κ3) is 4.52. The summed E-state index contributed by atoms with van der Waals surface area (Å²) in [4.78, 5) is 15.1. The second kappa shape index (κ2) is 11.4. The predicted octanol–water partition coefficient (Wildman–Crippen LogP) is 11.5. The van der Waals surface area contributed by atoms with E-state index in [0.717, 1.165) is 21.9 Å². The molecule has 0 spiro atoms. The molecule has 50 heavy (non-hydrogen) atoms. The molecule has 3 aromatic heterocycles. The third-order valence-electron chi connectivity index (χ3n) is 8.89. The highest BCUT2D eigenvalue weighted by Gasteiger charge is 2.21. The molecule has 0 unspecified atom stereocenters. The Hall–Kier alpha value is -6.85. The summed E-state index contributed by atoms with van der Waals surface area (Å²) >= 11 is 0. The Morgan fingerprint density at radius 2 is 1.18 bits per heavy atom. The fourth-order valence-corrected chi connectivity index (χ4v) is 6.67. The van der Waals surface area contributed by atoms with E-state index >= 15 is 0 Å². The van der Waals surface area contributed by atoms with E-state index in [4.69, 9.17) is 29.0 Å². The fraction of sp³-hybridized carbons (Fsp3) is 0. The van der Waals surface area contributed by atoms with Crippen molar-refractivity contribution in [3.8, 4) is 51.0 Å². The summed E-state index contributed by atoms with van der Waals surface area (Å²) < 4.78 is 86.7. The predicted molar refractivity (Wildman–Crippen MR) is 203 cm³/mol. The van der Waals surface area contributed by atoms with Crippen LogP contribution in [-0.2, 0) is 0 Å². The minimum absolute atomic E-state index is 0.0199. The van der Waals surface area contributed by atoms with Crippen LogP contribution in [0.4, 0.5) is 0 Å². The van der Waals surface area contributed by atoms with Gasteiger partial charge in [0.25, 0.3) is 0 Å². The van der Waals surface area contributed by atoms with E-state index in [1.54, 1.807) is 18.2 Å². The van der Waals surface area contributed by atoms with Gasteiger partial charge in [0.05, 0.1) is 28.9 Å². The van der Waals surface area contributed by atoms with Crippen molar-refractivity contribution in [1.29, 1.82) is 0 Å². The summed E-state index contributed by atoms with van der Waals surface area (Å²) in [6.45, 7) is 0. The molecule has 0 atom stereocenters. The maximum Gasteiger partial charge on any atom is 0.238 e. The molecule has 0 aliphatic heterocycles. The number of nitrogens with zero attached hydrogens (tertiary/aromatic N) is 4. The lowest BCUT2D eigenvalue weighted by molar-refractivity contribution is 0.669. The first-order chi connectivity index (χ1) is 28.5. The van der Waals surface area contributed by atoms with Crippen LogP contribution < -0.4 is 0 Å². The Morgan fingerprint density at radius 3 is 2.10 bits per heavy atom. The Kier molecular flexibility index (Phi) is 4.67. The highest BCUT2D eigenvalue weighted by Crippen LogP contribution is 2.39. The second-order valence-corrected chi connectivity index (χ2v) is 11.8. The van der Waals surface area contributed by atoms with Gasteiger partial charge in [-0.05, 0) is 52.6 Å². The molecule has 0 radical (unpaired) electrons. The van der Waals surface area contributed by atoms with Crippen LogP contribution in [0, 0.1) is 0 Å². The Balaban J connectivity index is 1.34. The summed E-state index contributed by atoms with van der Waals surface area (Å²) in [6.07, 6.45) is 0. The van der Waals surface area contributed by atoms with Crippen molar-refractivity contribution in [1.82, 2.24) is 19.5 Å². The quantitative estimate of drug-likeness (QED) is 0.186. The van der Waals surface area contributed by atoms with Crippen molar-refractivity contribution in [2.24, 2.45) is 0 Å². The molecule has 0 bridgehead atoms. The molecule has 0 saturated heterocycles. The Bertz CT molecular complexity index is 3370. The van der Waals surface area contributed by atoms with Gasteiger partial charge >= 0.3 is 0 Å². The van der Waals surface area contributed by atoms with Crippen molar-refractivity contribution in [3.63, 3.8) is 0 Å². The molecule has 5 nitrogen and oxygen atoms in total. The van der Waals surface area contributed by atoms with Gasteiger partial charge < -0.3 is 4.42 Å². The lowest BCUT2D eigenvalue weighted by atomic mass is 9.99. The van der Waals surface area contributed by atoms with Crippen LogP contribution >= 0.6 is 0 Å². The summed E-state index contributed by atoms with van der Waals surface area (Å²) in [5.74, 6) is 0.525. The number of para-hydroxylation sites is 3. The molecule has 3 heterocycles. The average Bonchev–Trinajstić information content (AvgIpc) is 3.83. The van der Waals surface area contributed by atoms with E-state index in [1.807, 2.05) is 97.1 Å². The molecular weight excluding hydrogens is 613 g/mol. The third-order valence-corrected chi connectivity index (χ3v) is 8.89. The van der Waals surface area contributed by atoms with E-state index in [2.05, 4.69) is 0 Å². The van der Waals surface area contributed by atoms with Crippen LogP contribution in [0.5, 0.6) is 0 Å². The second-order valence-electron chi connectivity index (χ2n) is 11.8. The smallest absolute Gasteiger partial charge is 0.238 e. The molecule has 10 rings (SSSR count). The average molecular weight is 650 g/mol. The van der Waals surface area contributed by atoms with Crippen molar-refractivity contribution < 1.29 is 16.8 Å². The molecule has 0 N–H and O–H groups in total. The zero-order chi connectivity index (χ0) is 40.9. The van der Waals surface area contributed by atoms with Gasteiger partial charge in [-0.1, -0.05) is 139 Å². The van der Waals surface area contributed by atoms with E-state index in [9.17, 15) is 2.74 Å². The standard InChI is InChI=1S/C45H28N4O/c1-3-14-29(15-4-1)31-18-11-19-32(28-31)43-46-44(37-24-12-23-35-34-20-8-10-27-40(34)50-42(35)37)48-45(47-43)49-38-25-9-7-21-36(38)41-33(22-13-26-39(41)49)30-16-5-2-6-17-30/h1-28H/i2D,5D,6D,7D,9D,16D,17D,21D,25D. The minimum atomic E-state index is -0.554. The maximum absolute atomic E-state index is 9.28. The molecule has 0 aliphatic rings. The number of fused-ring (bicyclic) bond motifs is 6. The van der Waals surface area contributed by atoms with Crippen LogP contribution in [0.1, 0.15) is 12.3 Å². The van der Waals surface area contributed by atoms with Gasteiger partial charge in [0.1, 0.15) is 11.2 Å². The van der Waals surface area contributed by atoms with Crippen molar-refractivity contribution >= 4 is 43.7 Å². The number of benzene rings is 7. The molecular formula is C45H28N4O. The van der Waals surface area contributed by atoms with Crippen molar-refractivity contribution in [2.45, 2.75) is 0 Å². The fourth-order valence-electron chi connectivity index (χ4n) is 6.67. The van der Waals surface area contributed by atoms with E-state index < -0.39 is 42.3 Å². The van der Waals surface area contributed by atoms with Gasteiger partial charge in [0.15, 0.2) is 11.6 Å². The van der Waals surface area contributed by atoms with Crippen LogP contribution in [0.2, 0.25) is 0 Å². The SMILES string of the molecule is [2H]c1c([2H])c([2H])c(-c2cccc3c2c2c([2H])c([2H])c([2H])c([2H])c2n3-c2nc(-c3cccc(-c4ccccc4)c3)nc(-c3cccc4c3oc3ccccc34)n2)c([2H])c1[2H]. The Morgan fingerprint density at radius 1 is 0.480 bits per heavy atom. The number of hydrogen-bond donors (Lipinski definition) is 0. The number of aromatic nitrogens is 4. The molecule has 0 aliphatic carbocycles. The molecule has 7 aromatic carbocycles. The van der Waals surface area contributed by atoms with Crippen LogP contribution in [0.15, 0.2) is 174 Å². The first-order valence-corrected chi connectivity index (χ1v) is 16.0. The maximum atomic E-state index is 9.28. The number of rotatable bonds is 5. The van der Waals surface area contributed by atoms with Gasteiger partial charge in [-0.25, -0.2) is 4.98 Å². The van der Waals surface area contributed by atoms with Gasteiger partial charge in [-0.2, -0.15) is 9.97 Å². The monoisotopic (exact) mass is 649 g/mol. The van der Waals surface area contributed by atoms with Crippen LogP contribution in [0.25, 0.3) is 94.7 Å². The normalized spacial score (nSPS) is 14.1. The van der Waals surface area contributed by atoms with Crippen molar-refractivity contribution in [2.75, 3.05) is 0 Å². The van der Waals surface area contributed by atoms with Gasteiger partial charge in [0, 0.05) is 27.1 Å². The zero-order valence-electron chi connectivity index (χ0n) is 35.2. The number of hydrogen-bond acceptors (Lipinski definition) is 4. The summed E-state index contributed by atoms with van der Waals surface area (Å²) in [7, 11) is 0. The molecule has 5 heteroatoms. The van der Waals surface area contributed by atoms with E-state index in [1.165, 1.54) is 4.57 Å². The zero-order valence-corrected chi connectivity index (χ0v) is 26.2. The topological polar surface area (TPSA) is 56.7 Å². The molecule has 0 saturated carbocycles. The van der Waals surface area contributed by atoms with E-state index in [0.29, 0.717) is 27.8 Å². The molecule has 0 amide bonds. The van der Waals surface area contributed by atoms with Crippen molar-refractivity contribution in [3.05, 3.63) is 170 Å². The first-order valence-electron chi connectivity index (χ1n) is 20.5. The highest BCUT2D eigenvalue weighted by molar-refractivity contribution is 6.15. The summed E-state index contributed by atoms with van der Waals surface area (Å²) in [5, 5.41) is 2.07. The largest absolute Gasteiger partial charge is 0.455 e. The van der Waals surface area contributed by atoms with Gasteiger partial charge in [-0.3, -0.25) is 4.57 Å². The molecule has 234 valence electrons. The van der Waals surface area contributed by atoms with Crippen LogP contribution in [0.3, 0.4) is 0 Å². The minimum Gasteiger partial charge on any atom is -0.455 e. The summed E-state index contributed by atoms with van der Waals surface area (Å²) in [6, 6.07) is 31.7. The summed E-state index contributed by atoms with van der Waals surface area (Å²) in [5.41, 5.74) is 4.76. The van der Waals surface area contributed by atoms with Gasteiger partial charge in [-0.15, -0.1) is 0 Å². The van der Waals surface area contributed by atoms with Gasteiger partial charge in [0.2, 0.25) is 5.95 Å². The number of furan rings is 1. The highest BCUT2D eigenvalue weighted by atomic mass is 16.3. The van der Waals surface area contributed by atoms with E-state index in [-0.39, 0.29) is 57.1 Å².